The molecule has 1 heterocycles. The molecule has 82 valence electrons. The van der Waals surface area contributed by atoms with Crippen molar-refractivity contribution in [1.82, 2.24) is 5.32 Å². The van der Waals surface area contributed by atoms with Crippen LogP contribution in [0.5, 0.6) is 0 Å². The molecule has 1 nitrogen and oxygen atoms in total. The number of aryl methyl sites for hydroxylation is 1. The fraction of sp³-hybridized carbons (Fsp3) is 0.538. The molecule has 15 heavy (non-hydrogen) atoms. The predicted octanol–water partition coefficient (Wildman–Crippen LogP) is 2.98. The molecule has 0 aliphatic carbocycles. The molecular formula is C13H19NS. The highest BCUT2D eigenvalue weighted by molar-refractivity contribution is 7.99. The summed E-state index contributed by atoms with van der Waals surface area (Å²) in [5.41, 5.74) is 2.92. The topological polar surface area (TPSA) is 12.0 Å². The molecule has 0 spiro atoms. The average molecular weight is 221 g/mol. The van der Waals surface area contributed by atoms with Crippen LogP contribution in [-0.2, 0) is 5.75 Å². The van der Waals surface area contributed by atoms with Crippen molar-refractivity contribution in [3.8, 4) is 0 Å². The van der Waals surface area contributed by atoms with Crippen LogP contribution in [0.4, 0.5) is 0 Å². The van der Waals surface area contributed by atoms with Crippen molar-refractivity contribution < 1.29 is 0 Å². The first kappa shape index (κ1) is 11.0. The van der Waals surface area contributed by atoms with E-state index < -0.39 is 0 Å². The van der Waals surface area contributed by atoms with E-state index in [0.717, 1.165) is 5.25 Å². The molecule has 1 fully saturated rings. The van der Waals surface area contributed by atoms with Gasteiger partial charge in [-0.2, -0.15) is 11.8 Å². The number of benzene rings is 1. The number of piperidine rings is 1. The Morgan fingerprint density at radius 1 is 1.40 bits per heavy atom. The van der Waals surface area contributed by atoms with E-state index in [2.05, 4.69) is 48.3 Å². The summed E-state index contributed by atoms with van der Waals surface area (Å²) in [5.74, 6) is 1.17. The molecule has 0 aromatic heterocycles. The van der Waals surface area contributed by atoms with Gasteiger partial charge in [-0.1, -0.05) is 24.3 Å². The number of rotatable bonds is 3. The largest absolute Gasteiger partial charge is 0.316 e. The van der Waals surface area contributed by atoms with Crippen LogP contribution in [0.3, 0.4) is 0 Å². The van der Waals surface area contributed by atoms with Crippen LogP contribution >= 0.6 is 11.8 Å². The van der Waals surface area contributed by atoms with Gasteiger partial charge in [0.05, 0.1) is 0 Å². The van der Waals surface area contributed by atoms with Crippen molar-refractivity contribution in [2.75, 3.05) is 13.1 Å². The van der Waals surface area contributed by atoms with Gasteiger partial charge in [-0.05, 0) is 37.4 Å². The van der Waals surface area contributed by atoms with Crippen molar-refractivity contribution in [1.29, 1.82) is 0 Å². The first-order valence-electron chi connectivity index (χ1n) is 5.73. The quantitative estimate of drug-likeness (QED) is 0.842. The van der Waals surface area contributed by atoms with E-state index in [1.807, 2.05) is 0 Å². The summed E-state index contributed by atoms with van der Waals surface area (Å²) in [6.07, 6.45) is 2.72. The van der Waals surface area contributed by atoms with Crippen LogP contribution in [0, 0.1) is 6.92 Å². The van der Waals surface area contributed by atoms with E-state index in [9.17, 15) is 0 Å². The number of thioether (sulfide) groups is 1. The van der Waals surface area contributed by atoms with Gasteiger partial charge in [-0.3, -0.25) is 0 Å². The summed E-state index contributed by atoms with van der Waals surface area (Å²) >= 11 is 2.10. The first-order valence-corrected chi connectivity index (χ1v) is 6.78. The van der Waals surface area contributed by atoms with Crippen LogP contribution < -0.4 is 5.32 Å². The Balaban J connectivity index is 1.84. The fourth-order valence-electron chi connectivity index (χ4n) is 1.94. The molecule has 1 unspecified atom stereocenters. The average Bonchev–Trinajstić information content (AvgIpc) is 2.29. The van der Waals surface area contributed by atoms with Gasteiger partial charge in [0, 0.05) is 17.5 Å². The molecule has 0 amide bonds. The molecule has 1 aromatic carbocycles. The fourth-order valence-corrected chi connectivity index (χ4v) is 3.25. The summed E-state index contributed by atoms with van der Waals surface area (Å²) in [4.78, 5) is 0. The van der Waals surface area contributed by atoms with E-state index in [1.165, 1.54) is 42.8 Å². The maximum atomic E-state index is 3.46. The predicted molar refractivity (Wildman–Crippen MR) is 68.4 cm³/mol. The standard InChI is InChI=1S/C13H19NS/c1-11-5-2-3-6-12(11)10-15-13-7-4-8-14-9-13/h2-3,5-6,13-14H,4,7-10H2,1H3. The van der Waals surface area contributed by atoms with Gasteiger partial charge in [0.15, 0.2) is 0 Å². The summed E-state index contributed by atoms with van der Waals surface area (Å²) in [6, 6.07) is 8.71. The number of hydrogen-bond acceptors (Lipinski definition) is 2. The Morgan fingerprint density at radius 3 is 3.00 bits per heavy atom. The molecule has 1 saturated heterocycles. The maximum absolute atomic E-state index is 3.46. The Morgan fingerprint density at radius 2 is 2.27 bits per heavy atom. The highest BCUT2D eigenvalue weighted by atomic mass is 32.2. The zero-order valence-corrected chi connectivity index (χ0v) is 10.1. The highest BCUT2D eigenvalue weighted by Gasteiger charge is 2.13. The molecular weight excluding hydrogens is 202 g/mol. The lowest BCUT2D eigenvalue weighted by Gasteiger charge is -2.22. The normalized spacial score (nSPS) is 21.5. The van der Waals surface area contributed by atoms with E-state index in [0.29, 0.717) is 0 Å². The van der Waals surface area contributed by atoms with Crippen LogP contribution in [0.1, 0.15) is 24.0 Å². The SMILES string of the molecule is Cc1ccccc1CSC1CCCNC1. The van der Waals surface area contributed by atoms with Crippen molar-refractivity contribution in [3.05, 3.63) is 35.4 Å². The Kier molecular flexibility index (Phi) is 4.09. The Bertz CT molecular complexity index is 305. The van der Waals surface area contributed by atoms with E-state index in [-0.39, 0.29) is 0 Å². The minimum Gasteiger partial charge on any atom is -0.316 e. The van der Waals surface area contributed by atoms with Gasteiger partial charge < -0.3 is 5.32 Å². The summed E-state index contributed by atoms with van der Waals surface area (Å²) < 4.78 is 0. The lowest BCUT2D eigenvalue weighted by molar-refractivity contribution is 0.531. The monoisotopic (exact) mass is 221 g/mol. The van der Waals surface area contributed by atoms with Crippen molar-refractivity contribution in [3.63, 3.8) is 0 Å². The van der Waals surface area contributed by atoms with E-state index in [4.69, 9.17) is 0 Å². The van der Waals surface area contributed by atoms with Crippen LogP contribution in [0.2, 0.25) is 0 Å². The lowest BCUT2D eigenvalue weighted by Crippen LogP contribution is -2.31. The third-order valence-corrected chi connectivity index (χ3v) is 4.34. The van der Waals surface area contributed by atoms with E-state index >= 15 is 0 Å². The molecule has 0 bridgehead atoms. The third kappa shape index (κ3) is 3.25. The van der Waals surface area contributed by atoms with Crippen LogP contribution in [0.25, 0.3) is 0 Å². The van der Waals surface area contributed by atoms with Crippen molar-refractivity contribution in [2.45, 2.75) is 30.8 Å². The minimum atomic E-state index is 0.818. The van der Waals surface area contributed by atoms with Gasteiger partial charge in [-0.15, -0.1) is 0 Å². The first-order chi connectivity index (χ1) is 7.36. The van der Waals surface area contributed by atoms with Crippen LogP contribution in [0.15, 0.2) is 24.3 Å². The molecule has 2 heteroatoms. The van der Waals surface area contributed by atoms with Gasteiger partial charge in [0.25, 0.3) is 0 Å². The highest BCUT2D eigenvalue weighted by Crippen LogP contribution is 2.24. The second-order valence-corrected chi connectivity index (χ2v) is 5.49. The molecule has 1 aliphatic rings. The molecule has 1 aromatic rings. The molecule has 1 N–H and O–H groups in total. The molecule has 0 radical (unpaired) electrons. The van der Waals surface area contributed by atoms with Gasteiger partial charge >= 0.3 is 0 Å². The molecule has 2 rings (SSSR count). The van der Waals surface area contributed by atoms with E-state index in [1.54, 1.807) is 0 Å². The number of nitrogens with one attached hydrogen (secondary N) is 1. The second-order valence-electron chi connectivity index (χ2n) is 4.21. The van der Waals surface area contributed by atoms with Crippen molar-refractivity contribution >= 4 is 11.8 Å². The van der Waals surface area contributed by atoms with Gasteiger partial charge in [-0.25, -0.2) is 0 Å². The third-order valence-electron chi connectivity index (χ3n) is 2.99. The second kappa shape index (κ2) is 5.57. The summed E-state index contributed by atoms with van der Waals surface area (Å²) in [7, 11) is 0. The van der Waals surface area contributed by atoms with Crippen LogP contribution in [-0.4, -0.2) is 18.3 Å². The Labute approximate surface area is 96.7 Å². The smallest absolute Gasteiger partial charge is 0.0190 e. The summed E-state index contributed by atoms with van der Waals surface area (Å²) in [6.45, 7) is 4.60. The molecule has 1 aliphatic heterocycles. The molecule has 1 atom stereocenters. The minimum absolute atomic E-state index is 0.818. The van der Waals surface area contributed by atoms with Crippen molar-refractivity contribution in [2.24, 2.45) is 0 Å². The van der Waals surface area contributed by atoms with Gasteiger partial charge in [0.1, 0.15) is 0 Å². The number of hydrogen-bond donors (Lipinski definition) is 1. The lowest BCUT2D eigenvalue weighted by atomic mass is 10.1. The zero-order valence-electron chi connectivity index (χ0n) is 9.33. The molecule has 0 saturated carbocycles. The summed E-state index contributed by atoms with van der Waals surface area (Å²) in [5, 5.41) is 4.28. The maximum Gasteiger partial charge on any atom is 0.0190 e. The van der Waals surface area contributed by atoms with Gasteiger partial charge in [0.2, 0.25) is 0 Å². The zero-order chi connectivity index (χ0) is 10.5. The Hall–Kier alpha value is -0.470.